The van der Waals surface area contributed by atoms with Gasteiger partial charge in [-0.2, -0.15) is 0 Å². The van der Waals surface area contributed by atoms with Gasteiger partial charge in [0.25, 0.3) is 0 Å². The monoisotopic (exact) mass is 552 g/mol. The molecule has 0 unspecified atom stereocenters. The van der Waals surface area contributed by atoms with Crippen LogP contribution in [0.4, 0.5) is 0 Å². The van der Waals surface area contributed by atoms with Gasteiger partial charge >= 0.3 is 0 Å². The standard InChI is InChI=1S/C42H32O/c1-2-7-27-23-40-36(21-26(27)6-1)35-10-5-9-34-31(14-15-39(43-40)41(34)35)28-12-13-33-32-8-3-4-11-37(32)42(38(33)22-28)29-17-24-16-25(19-29)20-30(42)18-24/h1-15,21-25,29-30H,16-20H2. The summed E-state index contributed by atoms with van der Waals surface area (Å²) in [5.74, 6) is 5.37. The molecule has 6 aromatic rings. The number of ether oxygens (including phenoxy) is 1. The van der Waals surface area contributed by atoms with E-state index in [9.17, 15) is 0 Å². The summed E-state index contributed by atoms with van der Waals surface area (Å²) in [6.07, 6.45) is 7.14. The van der Waals surface area contributed by atoms with Crippen molar-refractivity contribution in [3.05, 3.63) is 120 Å². The van der Waals surface area contributed by atoms with Crippen molar-refractivity contribution in [2.75, 3.05) is 0 Å². The molecule has 206 valence electrons. The van der Waals surface area contributed by atoms with Crippen LogP contribution in [-0.2, 0) is 5.41 Å². The summed E-state index contributed by atoms with van der Waals surface area (Å²) in [7, 11) is 0. The van der Waals surface area contributed by atoms with Crippen LogP contribution >= 0.6 is 0 Å². The lowest BCUT2D eigenvalue weighted by Gasteiger charge is -2.61. The zero-order chi connectivity index (χ0) is 27.9. The first-order valence-corrected chi connectivity index (χ1v) is 16.3. The lowest BCUT2D eigenvalue weighted by atomic mass is 9.43. The number of rotatable bonds is 1. The smallest absolute Gasteiger partial charge is 0.135 e. The van der Waals surface area contributed by atoms with Gasteiger partial charge in [-0.3, -0.25) is 0 Å². The summed E-state index contributed by atoms with van der Waals surface area (Å²) < 4.78 is 6.62. The molecule has 5 aliphatic carbocycles. The minimum atomic E-state index is 0.185. The molecule has 0 N–H and O–H groups in total. The molecule has 4 bridgehead atoms. The van der Waals surface area contributed by atoms with Crippen molar-refractivity contribution in [3.8, 4) is 44.9 Å². The van der Waals surface area contributed by atoms with Crippen LogP contribution in [0.3, 0.4) is 0 Å². The van der Waals surface area contributed by atoms with Crippen LogP contribution in [0.25, 0.3) is 54.9 Å². The molecule has 0 atom stereocenters. The minimum Gasteiger partial charge on any atom is -0.456 e. The summed E-state index contributed by atoms with van der Waals surface area (Å²) in [4.78, 5) is 0. The van der Waals surface area contributed by atoms with Crippen LogP contribution in [0.1, 0.15) is 43.2 Å². The molecule has 0 amide bonds. The zero-order valence-electron chi connectivity index (χ0n) is 24.1. The van der Waals surface area contributed by atoms with Gasteiger partial charge in [0, 0.05) is 16.4 Å². The Balaban J connectivity index is 1.13. The molecule has 1 aliphatic heterocycles. The first-order chi connectivity index (χ1) is 21.3. The van der Waals surface area contributed by atoms with Crippen molar-refractivity contribution in [1.29, 1.82) is 0 Å². The highest BCUT2D eigenvalue weighted by Crippen LogP contribution is 2.69. The molecule has 0 aromatic heterocycles. The van der Waals surface area contributed by atoms with E-state index in [0.29, 0.717) is 0 Å². The Hall–Kier alpha value is -4.36. The van der Waals surface area contributed by atoms with Gasteiger partial charge in [0.1, 0.15) is 11.5 Å². The summed E-state index contributed by atoms with van der Waals surface area (Å²) in [6, 6.07) is 41.3. The van der Waals surface area contributed by atoms with E-state index in [1.54, 1.807) is 11.1 Å². The van der Waals surface area contributed by atoms with E-state index in [1.807, 2.05) is 0 Å². The Bertz CT molecular complexity index is 2160. The largest absolute Gasteiger partial charge is 0.456 e. The fourth-order valence-corrected chi connectivity index (χ4v) is 10.9. The molecular weight excluding hydrogens is 520 g/mol. The van der Waals surface area contributed by atoms with Gasteiger partial charge in [0.2, 0.25) is 0 Å². The van der Waals surface area contributed by atoms with E-state index < -0.39 is 0 Å². The Morgan fingerprint density at radius 2 is 1.19 bits per heavy atom. The molecule has 0 radical (unpaired) electrons. The number of fused-ring (bicyclic) bond motifs is 6. The van der Waals surface area contributed by atoms with Crippen molar-refractivity contribution in [3.63, 3.8) is 0 Å². The third-order valence-corrected chi connectivity index (χ3v) is 12.2. The molecule has 1 spiro atoms. The number of hydrogen-bond donors (Lipinski definition) is 0. The van der Waals surface area contributed by atoms with Crippen LogP contribution in [0, 0.1) is 23.7 Å². The maximum absolute atomic E-state index is 6.62. The van der Waals surface area contributed by atoms with Crippen molar-refractivity contribution >= 4 is 21.5 Å². The molecule has 1 heterocycles. The van der Waals surface area contributed by atoms with Gasteiger partial charge in [-0.15, -0.1) is 0 Å². The topological polar surface area (TPSA) is 9.23 Å². The second-order valence-corrected chi connectivity index (χ2v) is 14.1. The quantitative estimate of drug-likeness (QED) is 0.197. The van der Waals surface area contributed by atoms with E-state index in [-0.39, 0.29) is 5.41 Å². The van der Waals surface area contributed by atoms with Gasteiger partial charge in [0.15, 0.2) is 0 Å². The zero-order valence-corrected chi connectivity index (χ0v) is 24.1. The second-order valence-electron chi connectivity index (χ2n) is 14.1. The van der Waals surface area contributed by atoms with Crippen molar-refractivity contribution in [2.24, 2.45) is 23.7 Å². The molecule has 6 aromatic carbocycles. The predicted octanol–water partition coefficient (Wildman–Crippen LogP) is 11.2. The third-order valence-electron chi connectivity index (χ3n) is 12.2. The van der Waals surface area contributed by atoms with Gasteiger partial charge < -0.3 is 4.74 Å². The molecule has 43 heavy (non-hydrogen) atoms. The minimum absolute atomic E-state index is 0.185. The normalized spacial score (nSPS) is 26.9. The maximum Gasteiger partial charge on any atom is 0.135 e. The number of hydrogen-bond acceptors (Lipinski definition) is 1. The summed E-state index contributed by atoms with van der Waals surface area (Å²) in [5.41, 5.74) is 11.5. The Morgan fingerprint density at radius 3 is 2.02 bits per heavy atom. The van der Waals surface area contributed by atoms with E-state index in [2.05, 4.69) is 109 Å². The van der Waals surface area contributed by atoms with Gasteiger partial charge in [-0.1, -0.05) is 84.9 Å². The Kier molecular flexibility index (Phi) is 4.29. The van der Waals surface area contributed by atoms with E-state index in [1.165, 1.54) is 87.0 Å². The first-order valence-electron chi connectivity index (χ1n) is 16.3. The molecule has 12 rings (SSSR count). The highest BCUT2D eigenvalue weighted by molar-refractivity contribution is 6.11. The second kappa shape index (κ2) is 7.97. The molecule has 4 fully saturated rings. The lowest BCUT2D eigenvalue weighted by Crippen LogP contribution is -2.55. The van der Waals surface area contributed by atoms with Gasteiger partial charge in [-0.05, 0) is 135 Å². The summed E-state index contributed by atoms with van der Waals surface area (Å²) in [6.45, 7) is 0. The van der Waals surface area contributed by atoms with Crippen LogP contribution in [-0.4, -0.2) is 0 Å². The van der Waals surface area contributed by atoms with E-state index in [0.717, 1.165) is 35.2 Å². The van der Waals surface area contributed by atoms with Crippen molar-refractivity contribution in [2.45, 2.75) is 37.5 Å². The molecule has 1 heteroatoms. The third kappa shape index (κ3) is 2.84. The van der Waals surface area contributed by atoms with Crippen LogP contribution < -0.4 is 4.74 Å². The van der Waals surface area contributed by atoms with Crippen molar-refractivity contribution < 1.29 is 4.74 Å². The first kappa shape index (κ1) is 23.1. The van der Waals surface area contributed by atoms with E-state index >= 15 is 0 Å². The fraction of sp³-hybridized carbons (Fsp3) is 0.238. The Labute approximate surface area is 252 Å². The Morgan fingerprint density at radius 1 is 0.488 bits per heavy atom. The van der Waals surface area contributed by atoms with Crippen LogP contribution in [0.5, 0.6) is 11.5 Å². The molecular formula is C42H32O. The van der Waals surface area contributed by atoms with Crippen molar-refractivity contribution in [1.82, 2.24) is 0 Å². The van der Waals surface area contributed by atoms with Gasteiger partial charge in [-0.25, -0.2) is 0 Å². The number of benzene rings is 6. The maximum atomic E-state index is 6.62. The SMILES string of the molecule is c1ccc2c(c1)-c1ccc(-c3ccc4c5c(cccc35)-c3cc5ccccc5cc3O4)cc1C21C2CC3CC(C2)CC1C3. The highest BCUT2D eigenvalue weighted by atomic mass is 16.5. The van der Waals surface area contributed by atoms with E-state index in [4.69, 9.17) is 4.74 Å². The molecule has 0 saturated heterocycles. The van der Waals surface area contributed by atoms with Crippen LogP contribution in [0.2, 0.25) is 0 Å². The highest BCUT2D eigenvalue weighted by Gasteiger charge is 2.61. The molecule has 1 nitrogen and oxygen atoms in total. The molecule has 4 saturated carbocycles. The van der Waals surface area contributed by atoms with Crippen LogP contribution in [0.15, 0.2) is 109 Å². The lowest BCUT2D eigenvalue weighted by molar-refractivity contribution is -0.0399. The van der Waals surface area contributed by atoms with Gasteiger partial charge in [0.05, 0.1) is 0 Å². The molecule has 6 aliphatic rings. The fourth-order valence-electron chi connectivity index (χ4n) is 10.9. The summed E-state index contributed by atoms with van der Waals surface area (Å²) >= 11 is 0. The summed E-state index contributed by atoms with van der Waals surface area (Å²) in [5, 5.41) is 4.98. The average molecular weight is 553 g/mol. The average Bonchev–Trinajstić information content (AvgIpc) is 3.33. The predicted molar refractivity (Wildman–Crippen MR) is 176 cm³/mol.